The van der Waals surface area contributed by atoms with Crippen molar-refractivity contribution in [3.63, 3.8) is 0 Å². The second-order valence-corrected chi connectivity index (χ2v) is 1.52. The van der Waals surface area contributed by atoms with Gasteiger partial charge in [-0.15, -0.1) is 0 Å². The van der Waals surface area contributed by atoms with Crippen LogP contribution in [0.3, 0.4) is 0 Å². The number of rotatable bonds is 0. The summed E-state index contributed by atoms with van der Waals surface area (Å²) in [5, 5.41) is 15.0. The maximum Gasteiger partial charge on any atom is 0.0738 e. The van der Waals surface area contributed by atoms with Crippen molar-refractivity contribution >= 4 is 5.71 Å². The predicted octanol–water partition coefficient (Wildman–Crippen LogP) is -0.175. The van der Waals surface area contributed by atoms with Crippen LogP contribution in [0.5, 0.6) is 0 Å². The average molecular weight is 99.1 g/mol. The summed E-state index contributed by atoms with van der Waals surface area (Å²) in [5.41, 5.74) is 0.806. The van der Waals surface area contributed by atoms with Crippen LogP contribution in [0.1, 0.15) is 6.42 Å². The van der Waals surface area contributed by atoms with Gasteiger partial charge < -0.3 is 5.21 Å². The molecule has 1 radical (unpaired) electrons. The molecule has 0 amide bonds. The fourth-order valence-corrected chi connectivity index (χ4v) is 0.577. The quantitative estimate of drug-likeness (QED) is 0.332. The van der Waals surface area contributed by atoms with Gasteiger partial charge in [-0.2, -0.15) is 0 Å². The molecule has 1 fully saturated rings. The first-order valence-corrected chi connectivity index (χ1v) is 2.26. The summed E-state index contributed by atoms with van der Waals surface area (Å²) in [5.74, 6) is 0. The van der Waals surface area contributed by atoms with Gasteiger partial charge in [0.1, 0.15) is 0 Å². The van der Waals surface area contributed by atoms with E-state index in [1.54, 1.807) is 0 Å². The van der Waals surface area contributed by atoms with Crippen molar-refractivity contribution in [2.75, 3.05) is 13.1 Å². The smallest absolute Gasteiger partial charge is 0.0738 e. The lowest BCUT2D eigenvalue weighted by atomic mass is 10.3. The van der Waals surface area contributed by atoms with E-state index in [0.29, 0.717) is 6.54 Å². The number of oxime groups is 1. The molecule has 1 aliphatic heterocycles. The molecular weight excluding hydrogens is 92.1 g/mol. The van der Waals surface area contributed by atoms with Crippen LogP contribution in [0.2, 0.25) is 0 Å². The Morgan fingerprint density at radius 1 is 1.71 bits per heavy atom. The maximum absolute atomic E-state index is 8.09. The van der Waals surface area contributed by atoms with Crippen LogP contribution < -0.4 is 5.32 Å². The van der Waals surface area contributed by atoms with Crippen molar-refractivity contribution in [3.05, 3.63) is 0 Å². The minimum atomic E-state index is 0.635. The van der Waals surface area contributed by atoms with Crippen molar-refractivity contribution in [3.8, 4) is 0 Å². The first-order valence-electron chi connectivity index (χ1n) is 2.26. The Kier molecular flexibility index (Phi) is 1.26. The largest absolute Gasteiger partial charge is 0.411 e. The van der Waals surface area contributed by atoms with Gasteiger partial charge in [0.05, 0.1) is 12.3 Å². The van der Waals surface area contributed by atoms with Gasteiger partial charge in [-0.3, -0.25) is 0 Å². The first-order chi connectivity index (χ1) is 3.43. The highest BCUT2D eigenvalue weighted by Gasteiger charge is 2.07. The van der Waals surface area contributed by atoms with E-state index < -0.39 is 0 Å². The fourth-order valence-electron chi connectivity index (χ4n) is 0.577. The third-order valence-electron chi connectivity index (χ3n) is 0.994. The zero-order chi connectivity index (χ0) is 5.11. The highest BCUT2D eigenvalue weighted by atomic mass is 16.4. The van der Waals surface area contributed by atoms with Gasteiger partial charge in [0.2, 0.25) is 0 Å². The van der Waals surface area contributed by atoms with Crippen molar-refractivity contribution in [1.29, 1.82) is 0 Å². The third-order valence-corrected chi connectivity index (χ3v) is 0.994. The molecular formula is C4H7N2O. The Hall–Kier alpha value is -0.570. The molecule has 0 saturated carbocycles. The molecule has 1 aliphatic rings. The van der Waals surface area contributed by atoms with Crippen molar-refractivity contribution < 1.29 is 5.21 Å². The topological polar surface area (TPSA) is 46.7 Å². The van der Waals surface area contributed by atoms with E-state index in [1.165, 1.54) is 0 Å². The first kappa shape index (κ1) is 4.59. The molecule has 7 heavy (non-hydrogen) atoms. The van der Waals surface area contributed by atoms with Crippen LogP contribution >= 0.6 is 0 Å². The molecule has 0 bridgehead atoms. The van der Waals surface area contributed by atoms with Crippen LogP contribution in [0, 0.1) is 0 Å². The summed E-state index contributed by atoms with van der Waals surface area (Å²) < 4.78 is 0. The van der Waals surface area contributed by atoms with Crippen LogP contribution in [-0.2, 0) is 0 Å². The lowest BCUT2D eigenvalue weighted by molar-refractivity contribution is 0.318. The molecule has 3 heteroatoms. The molecule has 0 aliphatic carbocycles. The second-order valence-electron chi connectivity index (χ2n) is 1.52. The van der Waals surface area contributed by atoms with E-state index in [4.69, 9.17) is 5.21 Å². The summed E-state index contributed by atoms with van der Waals surface area (Å²) in [6.45, 7) is 1.47. The number of hydrogen-bond acceptors (Lipinski definition) is 2. The van der Waals surface area contributed by atoms with Crippen LogP contribution in [-0.4, -0.2) is 24.0 Å². The van der Waals surface area contributed by atoms with Gasteiger partial charge in [0.25, 0.3) is 0 Å². The van der Waals surface area contributed by atoms with E-state index in [-0.39, 0.29) is 0 Å². The Bertz CT molecular complexity index is 81.7. The van der Waals surface area contributed by atoms with Gasteiger partial charge in [-0.1, -0.05) is 5.16 Å². The molecule has 0 unspecified atom stereocenters. The van der Waals surface area contributed by atoms with Crippen molar-refractivity contribution in [1.82, 2.24) is 5.32 Å². The highest BCUT2D eigenvalue weighted by molar-refractivity contribution is 5.87. The summed E-state index contributed by atoms with van der Waals surface area (Å²) in [6, 6.07) is 0. The maximum atomic E-state index is 8.09. The number of nitrogens with zero attached hydrogens (tertiary/aromatic N) is 2. The molecule has 1 heterocycles. The van der Waals surface area contributed by atoms with Gasteiger partial charge in [0, 0.05) is 13.0 Å². The minimum Gasteiger partial charge on any atom is -0.411 e. The van der Waals surface area contributed by atoms with Gasteiger partial charge in [-0.25, -0.2) is 5.32 Å². The summed E-state index contributed by atoms with van der Waals surface area (Å²) in [6.07, 6.45) is 0.844. The monoisotopic (exact) mass is 99.1 g/mol. The van der Waals surface area contributed by atoms with E-state index in [2.05, 4.69) is 10.5 Å². The normalized spacial score (nSPS) is 26.6. The van der Waals surface area contributed by atoms with Crippen LogP contribution in [0.4, 0.5) is 0 Å². The molecule has 0 aromatic rings. The second kappa shape index (κ2) is 1.93. The average Bonchev–Trinajstić information content (AvgIpc) is 2.14. The zero-order valence-electron chi connectivity index (χ0n) is 3.96. The summed E-state index contributed by atoms with van der Waals surface area (Å²) in [7, 11) is 0. The SMILES string of the molecule is O/N=C1/CC[N]C1. The van der Waals surface area contributed by atoms with Crippen molar-refractivity contribution in [2.24, 2.45) is 5.16 Å². The Morgan fingerprint density at radius 2 is 2.57 bits per heavy atom. The van der Waals surface area contributed by atoms with E-state index >= 15 is 0 Å². The van der Waals surface area contributed by atoms with E-state index in [9.17, 15) is 0 Å². The van der Waals surface area contributed by atoms with E-state index in [0.717, 1.165) is 18.7 Å². The Morgan fingerprint density at radius 3 is 2.86 bits per heavy atom. The lowest BCUT2D eigenvalue weighted by Gasteiger charge is -1.80. The molecule has 0 spiro atoms. The molecule has 1 saturated heterocycles. The molecule has 0 atom stereocenters. The summed E-state index contributed by atoms with van der Waals surface area (Å²) >= 11 is 0. The number of hydrogen-bond donors (Lipinski definition) is 1. The fraction of sp³-hybridized carbons (Fsp3) is 0.750. The van der Waals surface area contributed by atoms with Crippen LogP contribution in [0.25, 0.3) is 0 Å². The van der Waals surface area contributed by atoms with Crippen molar-refractivity contribution in [2.45, 2.75) is 6.42 Å². The minimum absolute atomic E-state index is 0.635. The van der Waals surface area contributed by atoms with E-state index in [1.807, 2.05) is 0 Å². The molecule has 1 rings (SSSR count). The summed E-state index contributed by atoms with van der Waals surface area (Å²) in [4.78, 5) is 0. The highest BCUT2D eigenvalue weighted by Crippen LogP contribution is 1.91. The van der Waals surface area contributed by atoms with Gasteiger partial charge >= 0.3 is 0 Å². The zero-order valence-corrected chi connectivity index (χ0v) is 3.96. The molecule has 0 aromatic carbocycles. The Balaban J connectivity index is 2.41. The lowest BCUT2D eigenvalue weighted by Crippen LogP contribution is -1.99. The predicted molar refractivity (Wildman–Crippen MR) is 25.7 cm³/mol. The molecule has 3 nitrogen and oxygen atoms in total. The third kappa shape index (κ3) is 0.899. The standard InChI is InChI=1S/C4H7N2O/c7-6-4-1-2-5-3-4/h7H,1-3H2/b6-4-. The Labute approximate surface area is 42.0 Å². The molecule has 0 aromatic heterocycles. The van der Waals surface area contributed by atoms with Gasteiger partial charge in [0.15, 0.2) is 0 Å². The van der Waals surface area contributed by atoms with Gasteiger partial charge in [-0.05, 0) is 0 Å². The van der Waals surface area contributed by atoms with Crippen LogP contribution in [0.15, 0.2) is 5.16 Å². The molecule has 39 valence electrons. The molecule has 1 N–H and O–H groups in total.